The van der Waals surface area contributed by atoms with Crippen molar-refractivity contribution < 1.29 is 27.8 Å². The van der Waals surface area contributed by atoms with Crippen LogP contribution in [0.4, 0.5) is 19.0 Å². The molecule has 0 aliphatic carbocycles. The van der Waals surface area contributed by atoms with Gasteiger partial charge in [-0.3, -0.25) is 0 Å². The zero-order chi connectivity index (χ0) is 15.1. The molecule has 0 spiro atoms. The van der Waals surface area contributed by atoms with Gasteiger partial charge in [0.25, 0.3) is 5.72 Å². The molecule has 0 saturated heterocycles. The van der Waals surface area contributed by atoms with Gasteiger partial charge in [0, 0.05) is 12.3 Å². The van der Waals surface area contributed by atoms with E-state index in [1.165, 1.54) is 19.9 Å². The zero-order valence-electron chi connectivity index (χ0n) is 10.7. The smallest absolute Gasteiger partial charge is 0.443 e. The first-order valence-corrected chi connectivity index (χ1v) is 5.72. The predicted octanol–water partition coefficient (Wildman–Crippen LogP) is 1.27. The van der Waals surface area contributed by atoms with Gasteiger partial charge in [-0.15, -0.1) is 0 Å². The molecule has 0 fully saturated rings. The van der Waals surface area contributed by atoms with Crippen LogP contribution >= 0.6 is 0 Å². The van der Waals surface area contributed by atoms with Crippen molar-refractivity contribution >= 4 is 11.8 Å². The molecule has 1 aromatic rings. The number of alkyl halides is 3. The van der Waals surface area contributed by atoms with Crippen molar-refractivity contribution in [3.05, 3.63) is 23.5 Å². The number of anilines is 1. The van der Waals surface area contributed by atoms with Crippen LogP contribution in [0.25, 0.3) is 0 Å². The number of nitrogens with one attached hydrogen (secondary N) is 1. The van der Waals surface area contributed by atoms with E-state index in [9.17, 15) is 23.1 Å². The summed E-state index contributed by atoms with van der Waals surface area (Å²) in [4.78, 5) is 11.6. The lowest BCUT2D eigenvalue weighted by Gasteiger charge is -2.35. The Morgan fingerprint density at radius 3 is 2.80 bits per heavy atom. The SMILES string of the molecule is CCOC(=O)C1=CNc2cc(C)nn2[C@@]1(O)C(F)(F)F. The molecule has 20 heavy (non-hydrogen) atoms. The molecule has 6 nitrogen and oxygen atoms in total. The summed E-state index contributed by atoms with van der Waals surface area (Å²) in [6.45, 7) is 2.80. The van der Waals surface area contributed by atoms with E-state index in [1.54, 1.807) is 0 Å². The summed E-state index contributed by atoms with van der Waals surface area (Å²) in [6, 6.07) is 1.31. The van der Waals surface area contributed by atoms with Gasteiger partial charge in [0.1, 0.15) is 11.4 Å². The molecule has 2 rings (SSSR count). The Hall–Kier alpha value is -2.03. The quantitative estimate of drug-likeness (QED) is 0.803. The van der Waals surface area contributed by atoms with Crippen molar-refractivity contribution in [1.29, 1.82) is 0 Å². The number of hydrogen-bond acceptors (Lipinski definition) is 5. The highest BCUT2D eigenvalue weighted by Crippen LogP contribution is 2.44. The number of esters is 1. The lowest BCUT2D eigenvalue weighted by atomic mass is 10.0. The van der Waals surface area contributed by atoms with Gasteiger partial charge in [0.15, 0.2) is 0 Å². The molecule has 9 heteroatoms. The summed E-state index contributed by atoms with van der Waals surface area (Å²) in [7, 11) is 0. The van der Waals surface area contributed by atoms with E-state index in [-0.39, 0.29) is 18.1 Å². The van der Waals surface area contributed by atoms with Crippen LogP contribution in [0.1, 0.15) is 12.6 Å². The van der Waals surface area contributed by atoms with E-state index < -0.39 is 23.4 Å². The summed E-state index contributed by atoms with van der Waals surface area (Å²) in [5.41, 5.74) is -4.27. The fourth-order valence-electron chi connectivity index (χ4n) is 1.89. The molecule has 1 aliphatic rings. The molecule has 0 aromatic carbocycles. The van der Waals surface area contributed by atoms with Gasteiger partial charge in [0.05, 0.1) is 12.3 Å². The van der Waals surface area contributed by atoms with Gasteiger partial charge in [-0.2, -0.15) is 18.3 Å². The standard InChI is InChI=1S/C11H12F3N3O3/c1-3-20-9(18)7-5-15-8-4-6(2)16-17(8)10(7,19)11(12,13)14/h4-5,15,19H,3H2,1-2H3/t10-/m0/s1. The van der Waals surface area contributed by atoms with Crippen molar-refractivity contribution in [1.82, 2.24) is 9.78 Å². The average Bonchev–Trinajstić information content (AvgIpc) is 2.70. The van der Waals surface area contributed by atoms with Gasteiger partial charge < -0.3 is 15.2 Å². The average molecular weight is 291 g/mol. The van der Waals surface area contributed by atoms with Crippen LogP contribution in [0.5, 0.6) is 0 Å². The fourth-order valence-corrected chi connectivity index (χ4v) is 1.89. The normalized spacial score (nSPS) is 21.8. The van der Waals surface area contributed by atoms with Gasteiger partial charge >= 0.3 is 12.1 Å². The number of ether oxygens (including phenoxy) is 1. The molecule has 1 aliphatic heterocycles. The molecule has 110 valence electrons. The van der Waals surface area contributed by atoms with Crippen molar-refractivity contribution in [3.63, 3.8) is 0 Å². The molecular weight excluding hydrogens is 279 g/mol. The highest BCUT2D eigenvalue weighted by atomic mass is 19.4. The molecule has 2 heterocycles. The third-order valence-electron chi connectivity index (χ3n) is 2.77. The van der Waals surface area contributed by atoms with E-state index in [0.29, 0.717) is 4.68 Å². The third-order valence-corrected chi connectivity index (χ3v) is 2.77. The number of carbonyl (C=O) groups is 1. The van der Waals surface area contributed by atoms with Crippen LogP contribution in [0, 0.1) is 6.92 Å². The molecule has 0 amide bonds. The number of nitrogens with zero attached hydrogens (tertiary/aromatic N) is 2. The predicted molar refractivity (Wildman–Crippen MR) is 61.6 cm³/mol. The van der Waals surface area contributed by atoms with Crippen molar-refractivity contribution in [2.24, 2.45) is 0 Å². The first kappa shape index (κ1) is 14.4. The molecule has 0 bridgehead atoms. The van der Waals surface area contributed by atoms with E-state index in [4.69, 9.17) is 0 Å². The Labute approximate surface area is 111 Å². The summed E-state index contributed by atoms with van der Waals surface area (Å²) in [6.07, 6.45) is -4.36. The Balaban J connectivity index is 2.59. The van der Waals surface area contributed by atoms with Crippen LogP contribution in [0.15, 0.2) is 17.8 Å². The number of halogens is 3. The van der Waals surface area contributed by atoms with Crippen molar-refractivity contribution in [3.8, 4) is 0 Å². The number of rotatable bonds is 2. The van der Waals surface area contributed by atoms with Crippen LogP contribution in [-0.4, -0.2) is 33.6 Å². The molecule has 2 N–H and O–H groups in total. The van der Waals surface area contributed by atoms with Crippen LogP contribution < -0.4 is 5.32 Å². The maximum atomic E-state index is 13.3. The number of aromatic nitrogens is 2. The topological polar surface area (TPSA) is 76.4 Å². The first-order chi connectivity index (χ1) is 9.21. The summed E-state index contributed by atoms with van der Waals surface area (Å²) in [5.74, 6) is -1.34. The van der Waals surface area contributed by atoms with Crippen LogP contribution in [0.3, 0.4) is 0 Å². The third kappa shape index (κ3) is 1.94. The number of fused-ring (bicyclic) bond motifs is 1. The van der Waals surface area contributed by atoms with Crippen molar-refractivity contribution in [2.75, 3.05) is 11.9 Å². The number of aryl methyl sites for hydroxylation is 1. The van der Waals surface area contributed by atoms with Gasteiger partial charge in [-0.25, -0.2) is 9.48 Å². The maximum Gasteiger partial charge on any atom is 0.443 e. The molecule has 0 saturated carbocycles. The monoisotopic (exact) mass is 291 g/mol. The Bertz CT molecular complexity index is 579. The van der Waals surface area contributed by atoms with Crippen LogP contribution in [0.2, 0.25) is 0 Å². The highest BCUT2D eigenvalue weighted by Gasteiger charge is 2.63. The molecule has 1 atom stereocenters. The lowest BCUT2D eigenvalue weighted by Crippen LogP contribution is -2.53. The van der Waals surface area contributed by atoms with E-state index in [1.807, 2.05) is 0 Å². The van der Waals surface area contributed by atoms with Crippen LogP contribution in [-0.2, 0) is 15.3 Å². The Morgan fingerprint density at radius 1 is 1.60 bits per heavy atom. The molecule has 1 aromatic heterocycles. The number of aliphatic hydroxyl groups is 1. The fraction of sp³-hybridized carbons (Fsp3) is 0.455. The number of carbonyl (C=O) groups excluding carboxylic acids is 1. The van der Waals surface area contributed by atoms with Gasteiger partial charge in [-0.05, 0) is 13.8 Å². The summed E-state index contributed by atoms with van der Waals surface area (Å²) < 4.78 is 44.7. The second-order valence-corrected chi connectivity index (χ2v) is 4.18. The second kappa shape index (κ2) is 4.51. The zero-order valence-corrected chi connectivity index (χ0v) is 10.7. The second-order valence-electron chi connectivity index (χ2n) is 4.18. The molecule has 0 unspecified atom stereocenters. The summed E-state index contributed by atoms with van der Waals surface area (Å²) >= 11 is 0. The van der Waals surface area contributed by atoms with Crippen molar-refractivity contribution in [2.45, 2.75) is 25.7 Å². The van der Waals surface area contributed by atoms with E-state index in [0.717, 1.165) is 6.20 Å². The van der Waals surface area contributed by atoms with Gasteiger partial charge in [-0.1, -0.05) is 0 Å². The molecule has 0 radical (unpaired) electrons. The minimum absolute atomic E-state index is 0.0737. The van der Waals surface area contributed by atoms with Gasteiger partial charge in [0.2, 0.25) is 0 Å². The maximum absolute atomic E-state index is 13.3. The lowest BCUT2D eigenvalue weighted by molar-refractivity contribution is -0.285. The highest BCUT2D eigenvalue weighted by molar-refractivity contribution is 5.91. The summed E-state index contributed by atoms with van der Waals surface area (Å²) in [5, 5.41) is 16.2. The van der Waals surface area contributed by atoms with E-state index >= 15 is 0 Å². The Kier molecular flexibility index (Phi) is 3.24. The molecular formula is C11H12F3N3O3. The first-order valence-electron chi connectivity index (χ1n) is 5.72. The minimum atomic E-state index is -5.14. The Morgan fingerprint density at radius 2 is 2.25 bits per heavy atom. The minimum Gasteiger partial charge on any atom is -0.462 e. The van der Waals surface area contributed by atoms with E-state index in [2.05, 4.69) is 15.2 Å². The number of hydrogen-bond donors (Lipinski definition) is 2. The largest absolute Gasteiger partial charge is 0.462 e.